The van der Waals surface area contributed by atoms with Crippen LogP contribution in [0.4, 0.5) is 0 Å². The fraction of sp³-hybridized carbons (Fsp3) is 0.750. The number of carbonyl (C=O) groups is 1. The van der Waals surface area contributed by atoms with Gasteiger partial charge in [-0.2, -0.15) is 12.6 Å². The first-order valence-corrected chi connectivity index (χ1v) is 2.34. The molecule has 0 aliphatic carbocycles. The maximum atomic E-state index is 10.1. The topological polar surface area (TPSA) is 48.6 Å². The van der Waals surface area contributed by atoms with E-state index in [-0.39, 0.29) is 16.5 Å². The zero-order chi connectivity index (χ0) is 5.15. The van der Waals surface area contributed by atoms with E-state index < -0.39 is 0 Å². The van der Waals surface area contributed by atoms with E-state index in [0.29, 0.717) is 0 Å². The molecule has 0 amide bonds. The van der Waals surface area contributed by atoms with E-state index >= 15 is 0 Å². The smallest absolute Gasteiger partial charge is 0.142 e. The maximum Gasteiger partial charge on any atom is 0.142 e. The molecule has 1 atom stereocenters. The van der Waals surface area contributed by atoms with Gasteiger partial charge in [-0.25, -0.2) is 0 Å². The van der Waals surface area contributed by atoms with Crippen LogP contribution in [0.2, 0.25) is 0 Å². The van der Waals surface area contributed by atoms with E-state index in [0.717, 1.165) is 0 Å². The van der Waals surface area contributed by atoms with Crippen LogP contribution >= 0.6 is 12.6 Å². The lowest BCUT2D eigenvalue weighted by atomic mass is 10.3. The molecule has 0 aromatic rings. The lowest BCUT2D eigenvalue weighted by Crippen LogP contribution is -2.02. The highest BCUT2D eigenvalue weighted by molar-refractivity contribution is 7.81. The van der Waals surface area contributed by atoms with Crippen LogP contribution in [-0.2, 0) is 4.79 Å². The molecule has 2 N–H and O–H groups in total. The molecule has 0 rings (SSSR count). The van der Waals surface area contributed by atoms with Crippen LogP contribution in [0, 0.1) is 0 Å². The number of ketones is 1. The molecule has 0 aromatic heterocycles. The Morgan fingerprint density at radius 2 is 1.86 bits per heavy atom. The van der Waals surface area contributed by atoms with Crippen molar-refractivity contribution in [2.45, 2.75) is 19.1 Å². The van der Waals surface area contributed by atoms with Crippen LogP contribution < -0.4 is 0 Å². The second-order valence-corrected chi connectivity index (χ2v) is 2.06. The van der Waals surface area contributed by atoms with Gasteiger partial charge >= 0.3 is 0 Å². The molecule has 0 saturated carbocycles. The van der Waals surface area contributed by atoms with Crippen LogP contribution in [0.25, 0.3) is 0 Å². The van der Waals surface area contributed by atoms with Gasteiger partial charge in [0.2, 0.25) is 0 Å². The van der Waals surface area contributed by atoms with Gasteiger partial charge in [-0.1, -0.05) is 0 Å². The zero-order valence-electron chi connectivity index (χ0n) is 4.43. The number of rotatable bonds is 1. The fourth-order valence-electron chi connectivity index (χ4n) is 0. The van der Waals surface area contributed by atoms with E-state index in [1.165, 1.54) is 6.92 Å². The number of hydrogen-bond donors (Lipinski definition) is 1. The van der Waals surface area contributed by atoms with Gasteiger partial charge in [0, 0.05) is 0 Å². The summed E-state index contributed by atoms with van der Waals surface area (Å²) in [6.45, 7) is 3.28. The normalized spacial score (nSPS) is 11.9. The summed E-state index contributed by atoms with van der Waals surface area (Å²) in [4.78, 5) is 10.1. The highest BCUT2D eigenvalue weighted by Crippen LogP contribution is 1.90. The third-order valence-electron chi connectivity index (χ3n) is 0.588. The fourth-order valence-corrected chi connectivity index (χ4v) is 0. The SMILES string of the molecule is CC(=O)C(C)S.O. The molecule has 0 aromatic carbocycles. The van der Waals surface area contributed by atoms with E-state index in [4.69, 9.17) is 0 Å². The Morgan fingerprint density at radius 3 is 1.86 bits per heavy atom. The molecule has 44 valence electrons. The average molecular weight is 122 g/mol. The Bertz CT molecular complexity index is 60.7. The largest absolute Gasteiger partial charge is 0.412 e. The minimum Gasteiger partial charge on any atom is -0.412 e. The van der Waals surface area contributed by atoms with Gasteiger partial charge < -0.3 is 5.48 Å². The van der Waals surface area contributed by atoms with Crippen molar-refractivity contribution in [1.29, 1.82) is 0 Å². The van der Waals surface area contributed by atoms with E-state index in [1.54, 1.807) is 6.92 Å². The van der Waals surface area contributed by atoms with Gasteiger partial charge in [-0.05, 0) is 13.8 Å². The van der Waals surface area contributed by atoms with E-state index in [9.17, 15) is 4.79 Å². The third kappa shape index (κ3) is 5.98. The summed E-state index contributed by atoms with van der Waals surface area (Å²) in [6, 6.07) is 0. The lowest BCUT2D eigenvalue weighted by Gasteiger charge is -1.90. The Morgan fingerprint density at radius 1 is 1.71 bits per heavy atom. The predicted octanol–water partition coefficient (Wildman–Crippen LogP) is 0.0690. The predicted molar refractivity (Wildman–Crippen MR) is 32.7 cm³/mol. The third-order valence-corrected chi connectivity index (χ3v) is 0.952. The Labute approximate surface area is 48.6 Å². The highest BCUT2D eigenvalue weighted by atomic mass is 32.1. The van der Waals surface area contributed by atoms with E-state index in [1.807, 2.05) is 0 Å². The van der Waals surface area contributed by atoms with Gasteiger partial charge in [-0.3, -0.25) is 4.79 Å². The molecule has 0 spiro atoms. The molecule has 0 heterocycles. The molecule has 7 heavy (non-hydrogen) atoms. The lowest BCUT2D eigenvalue weighted by molar-refractivity contribution is -0.116. The van der Waals surface area contributed by atoms with Crippen LogP contribution in [-0.4, -0.2) is 16.5 Å². The summed E-state index contributed by atoms with van der Waals surface area (Å²) in [5.41, 5.74) is 0. The summed E-state index contributed by atoms with van der Waals surface area (Å²) in [7, 11) is 0. The van der Waals surface area contributed by atoms with E-state index in [2.05, 4.69) is 12.6 Å². The second-order valence-electron chi connectivity index (χ2n) is 1.29. The van der Waals surface area contributed by atoms with Crippen molar-refractivity contribution in [3.05, 3.63) is 0 Å². The quantitative estimate of drug-likeness (QED) is 0.491. The molecule has 0 fully saturated rings. The van der Waals surface area contributed by atoms with Gasteiger partial charge in [0.15, 0.2) is 0 Å². The van der Waals surface area contributed by atoms with Crippen LogP contribution in [0.5, 0.6) is 0 Å². The summed E-state index contributed by atoms with van der Waals surface area (Å²) in [5, 5.41) is -0.0926. The Kier molecular flexibility index (Phi) is 5.96. The molecule has 0 aliphatic rings. The molecular formula is C4H10O2S. The molecular weight excluding hydrogens is 112 g/mol. The van der Waals surface area contributed by atoms with Gasteiger partial charge in [0.05, 0.1) is 5.25 Å². The van der Waals surface area contributed by atoms with Gasteiger partial charge in [0.25, 0.3) is 0 Å². The van der Waals surface area contributed by atoms with Crippen LogP contribution in [0.1, 0.15) is 13.8 Å². The summed E-state index contributed by atoms with van der Waals surface area (Å²) >= 11 is 3.84. The number of thiol groups is 1. The minimum absolute atomic E-state index is 0. The summed E-state index contributed by atoms with van der Waals surface area (Å²) in [6.07, 6.45) is 0. The Balaban J connectivity index is 0. The molecule has 2 nitrogen and oxygen atoms in total. The molecule has 0 aliphatic heterocycles. The van der Waals surface area contributed by atoms with Gasteiger partial charge in [0.1, 0.15) is 5.78 Å². The first kappa shape index (κ1) is 10.1. The van der Waals surface area contributed by atoms with Crippen molar-refractivity contribution in [2.75, 3.05) is 0 Å². The molecule has 0 bridgehead atoms. The van der Waals surface area contributed by atoms with Crippen molar-refractivity contribution in [3.63, 3.8) is 0 Å². The highest BCUT2D eigenvalue weighted by Gasteiger charge is 1.96. The monoisotopic (exact) mass is 122 g/mol. The average Bonchev–Trinajstić information content (AvgIpc) is 1.36. The summed E-state index contributed by atoms with van der Waals surface area (Å²) < 4.78 is 0. The molecule has 1 unspecified atom stereocenters. The molecule has 0 radical (unpaired) electrons. The zero-order valence-corrected chi connectivity index (χ0v) is 5.33. The first-order valence-electron chi connectivity index (χ1n) is 1.83. The minimum atomic E-state index is -0.0926. The maximum absolute atomic E-state index is 10.1. The number of Topliss-reactive ketones (excluding diaryl/α,β-unsaturated/α-hetero) is 1. The van der Waals surface area contributed by atoms with Crippen molar-refractivity contribution in [2.24, 2.45) is 0 Å². The number of hydrogen-bond acceptors (Lipinski definition) is 2. The summed E-state index contributed by atoms with van der Waals surface area (Å²) in [5.74, 6) is 0.123. The second kappa shape index (κ2) is 4.15. The van der Waals surface area contributed by atoms with Crippen molar-refractivity contribution < 1.29 is 10.3 Å². The number of carbonyl (C=O) groups excluding carboxylic acids is 1. The van der Waals surface area contributed by atoms with Crippen LogP contribution in [0.3, 0.4) is 0 Å². The first-order chi connectivity index (χ1) is 2.64. The van der Waals surface area contributed by atoms with Crippen molar-refractivity contribution in [1.82, 2.24) is 0 Å². The van der Waals surface area contributed by atoms with Crippen LogP contribution in [0.15, 0.2) is 0 Å². The molecule has 0 saturated heterocycles. The Hall–Kier alpha value is -0.0200. The standard InChI is InChI=1S/C4H8OS.H2O/c1-3(5)4(2)6;/h4,6H,1-2H3;1H2. The van der Waals surface area contributed by atoms with Crippen molar-refractivity contribution >= 4 is 18.4 Å². The van der Waals surface area contributed by atoms with Crippen molar-refractivity contribution in [3.8, 4) is 0 Å². The molecule has 3 heteroatoms. The van der Waals surface area contributed by atoms with Gasteiger partial charge in [-0.15, -0.1) is 0 Å².